The zero-order valence-corrected chi connectivity index (χ0v) is 18.0. The quantitative estimate of drug-likeness (QED) is 0.300. The zero-order chi connectivity index (χ0) is 21.8. The van der Waals surface area contributed by atoms with Gasteiger partial charge in [-0.1, -0.05) is 91.0 Å². The molecule has 4 aromatic carbocycles. The van der Waals surface area contributed by atoms with Gasteiger partial charge < -0.3 is 9.30 Å². The SMILES string of the molecule is COc1ccc(-c2nc(-c3ccccc3)c(-c3ccccc3)n2Cc2ccccc2)cc1. The van der Waals surface area contributed by atoms with Gasteiger partial charge in [0.25, 0.3) is 0 Å². The Bertz CT molecular complexity index is 1290. The molecule has 156 valence electrons. The lowest BCUT2D eigenvalue weighted by atomic mass is 10.0. The highest BCUT2D eigenvalue weighted by atomic mass is 16.5. The number of nitrogens with zero attached hydrogens (tertiary/aromatic N) is 2. The van der Waals surface area contributed by atoms with Gasteiger partial charge in [0, 0.05) is 23.2 Å². The number of rotatable bonds is 6. The van der Waals surface area contributed by atoms with E-state index in [4.69, 9.17) is 9.72 Å². The van der Waals surface area contributed by atoms with Crippen LogP contribution in [-0.4, -0.2) is 16.7 Å². The maximum atomic E-state index is 5.37. The van der Waals surface area contributed by atoms with Gasteiger partial charge in [0.05, 0.1) is 18.5 Å². The van der Waals surface area contributed by atoms with E-state index in [0.29, 0.717) is 0 Å². The van der Waals surface area contributed by atoms with Gasteiger partial charge in [-0.25, -0.2) is 4.98 Å². The Hall–Kier alpha value is -4.11. The van der Waals surface area contributed by atoms with Gasteiger partial charge in [-0.05, 0) is 29.8 Å². The van der Waals surface area contributed by atoms with Crippen LogP contribution in [0.2, 0.25) is 0 Å². The van der Waals surface area contributed by atoms with Crippen LogP contribution >= 0.6 is 0 Å². The van der Waals surface area contributed by atoms with Crippen LogP contribution in [0.5, 0.6) is 5.75 Å². The molecule has 5 aromatic rings. The van der Waals surface area contributed by atoms with E-state index in [1.807, 2.05) is 24.3 Å². The molecule has 32 heavy (non-hydrogen) atoms. The van der Waals surface area contributed by atoms with E-state index in [1.54, 1.807) is 7.11 Å². The van der Waals surface area contributed by atoms with Crippen molar-refractivity contribution in [2.24, 2.45) is 0 Å². The molecule has 1 aromatic heterocycles. The number of hydrogen-bond donors (Lipinski definition) is 0. The molecule has 0 aliphatic heterocycles. The van der Waals surface area contributed by atoms with Crippen molar-refractivity contribution in [1.82, 2.24) is 9.55 Å². The van der Waals surface area contributed by atoms with Gasteiger partial charge in [-0.3, -0.25) is 0 Å². The molecule has 0 radical (unpaired) electrons. The Morgan fingerprint density at radius 2 is 1.19 bits per heavy atom. The standard InChI is InChI=1S/C29H24N2O/c1-32-26-19-17-25(18-20-26)29-30-27(23-13-7-3-8-14-23)28(24-15-9-4-10-16-24)31(29)21-22-11-5-2-6-12-22/h2-20H,21H2,1H3. The van der Waals surface area contributed by atoms with Crippen LogP contribution in [0.1, 0.15) is 5.56 Å². The van der Waals surface area contributed by atoms with Gasteiger partial charge in [0.1, 0.15) is 11.6 Å². The van der Waals surface area contributed by atoms with E-state index < -0.39 is 0 Å². The summed E-state index contributed by atoms with van der Waals surface area (Å²) in [4.78, 5) is 5.20. The molecule has 0 aliphatic rings. The zero-order valence-electron chi connectivity index (χ0n) is 18.0. The first-order valence-electron chi connectivity index (χ1n) is 10.7. The summed E-state index contributed by atoms with van der Waals surface area (Å²) in [5, 5.41) is 0. The van der Waals surface area contributed by atoms with E-state index in [-0.39, 0.29) is 0 Å². The third kappa shape index (κ3) is 3.93. The maximum Gasteiger partial charge on any atom is 0.141 e. The van der Waals surface area contributed by atoms with Crippen LogP contribution < -0.4 is 4.74 Å². The highest BCUT2D eigenvalue weighted by Crippen LogP contribution is 2.37. The number of ether oxygens (including phenoxy) is 1. The molecule has 1 heterocycles. The Morgan fingerprint density at radius 1 is 0.625 bits per heavy atom. The number of benzene rings is 4. The molecule has 0 saturated heterocycles. The summed E-state index contributed by atoms with van der Waals surface area (Å²) in [5.74, 6) is 1.77. The summed E-state index contributed by atoms with van der Waals surface area (Å²) < 4.78 is 7.70. The fraction of sp³-hybridized carbons (Fsp3) is 0.0690. The van der Waals surface area contributed by atoms with Crippen LogP contribution in [-0.2, 0) is 6.54 Å². The number of aromatic nitrogens is 2. The molecule has 3 heteroatoms. The van der Waals surface area contributed by atoms with Crippen molar-refractivity contribution in [3.63, 3.8) is 0 Å². The third-order valence-corrected chi connectivity index (χ3v) is 5.59. The Kier molecular flexibility index (Phi) is 5.54. The Labute approximate surface area is 188 Å². The lowest BCUT2D eigenvalue weighted by molar-refractivity contribution is 0.415. The minimum atomic E-state index is 0.728. The van der Waals surface area contributed by atoms with Gasteiger partial charge in [-0.2, -0.15) is 0 Å². The van der Waals surface area contributed by atoms with Gasteiger partial charge >= 0.3 is 0 Å². The fourth-order valence-electron chi connectivity index (χ4n) is 4.02. The molecule has 0 unspecified atom stereocenters. The summed E-state index contributed by atoms with van der Waals surface area (Å²) in [6.07, 6.45) is 0. The lowest BCUT2D eigenvalue weighted by Crippen LogP contribution is -2.04. The molecule has 0 fully saturated rings. The van der Waals surface area contributed by atoms with Gasteiger partial charge in [0.15, 0.2) is 0 Å². The van der Waals surface area contributed by atoms with E-state index in [2.05, 4.69) is 95.6 Å². The lowest BCUT2D eigenvalue weighted by Gasteiger charge is -2.14. The summed E-state index contributed by atoms with van der Waals surface area (Å²) in [5.41, 5.74) is 6.64. The van der Waals surface area contributed by atoms with E-state index in [9.17, 15) is 0 Å². The molecular weight excluding hydrogens is 392 g/mol. The summed E-state index contributed by atoms with van der Waals surface area (Å²) in [7, 11) is 1.69. The first kappa shape index (κ1) is 19.8. The topological polar surface area (TPSA) is 27.1 Å². The largest absolute Gasteiger partial charge is 0.497 e. The average molecular weight is 417 g/mol. The van der Waals surface area contributed by atoms with Crippen molar-refractivity contribution in [1.29, 1.82) is 0 Å². The second-order valence-corrected chi connectivity index (χ2v) is 7.66. The fourth-order valence-corrected chi connectivity index (χ4v) is 4.02. The molecule has 0 saturated carbocycles. The van der Waals surface area contributed by atoms with Crippen molar-refractivity contribution in [2.75, 3.05) is 7.11 Å². The molecule has 0 spiro atoms. The van der Waals surface area contributed by atoms with Crippen LogP contribution in [0.4, 0.5) is 0 Å². The minimum Gasteiger partial charge on any atom is -0.497 e. The normalized spacial score (nSPS) is 10.8. The summed E-state index contributed by atoms with van der Waals surface area (Å²) in [6.45, 7) is 0.728. The van der Waals surface area contributed by atoms with Crippen molar-refractivity contribution in [2.45, 2.75) is 6.54 Å². The predicted octanol–water partition coefficient (Wildman–Crippen LogP) is 6.94. The Morgan fingerprint density at radius 3 is 1.78 bits per heavy atom. The summed E-state index contributed by atoms with van der Waals surface area (Å²) >= 11 is 0. The van der Waals surface area contributed by atoms with Crippen LogP contribution in [0.15, 0.2) is 115 Å². The van der Waals surface area contributed by atoms with Crippen molar-refractivity contribution in [3.05, 3.63) is 121 Å². The van der Waals surface area contributed by atoms with E-state index in [1.165, 1.54) is 5.56 Å². The predicted molar refractivity (Wildman–Crippen MR) is 131 cm³/mol. The first-order valence-corrected chi connectivity index (χ1v) is 10.7. The molecule has 0 N–H and O–H groups in total. The molecule has 0 aliphatic carbocycles. The second kappa shape index (κ2) is 8.94. The molecular formula is C29H24N2O. The van der Waals surface area contributed by atoms with Crippen LogP contribution in [0, 0.1) is 0 Å². The van der Waals surface area contributed by atoms with E-state index in [0.717, 1.165) is 46.2 Å². The first-order chi connectivity index (χ1) is 15.8. The maximum absolute atomic E-state index is 5.37. The number of imidazole rings is 1. The molecule has 0 atom stereocenters. The highest BCUT2D eigenvalue weighted by molar-refractivity contribution is 5.82. The van der Waals surface area contributed by atoms with Gasteiger partial charge in [0.2, 0.25) is 0 Å². The van der Waals surface area contributed by atoms with Crippen molar-refractivity contribution >= 4 is 0 Å². The van der Waals surface area contributed by atoms with Crippen molar-refractivity contribution in [3.8, 4) is 39.7 Å². The average Bonchev–Trinajstić information content (AvgIpc) is 3.25. The van der Waals surface area contributed by atoms with E-state index >= 15 is 0 Å². The van der Waals surface area contributed by atoms with Crippen LogP contribution in [0.3, 0.4) is 0 Å². The highest BCUT2D eigenvalue weighted by Gasteiger charge is 2.21. The number of methoxy groups -OCH3 is 1. The van der Waals surface area contributed by atoms with Gasteiger partial charge in [-0.15, -0.1) is 0 Å². The van der Waals surface area contributed by atoms with Crippen molar-refractivity contribution < 1.29 is 4.74 Å². The second-order valence-electron chi connectivity index (χ2n) is 7.66. The third-order valence-electron chi connectivity index (χ3n) is 5.59. The molecule has 0 bridgehead atoms. The number of hydrogen-bond acceptors (Lipinski definition) is 2. The molecule has 5 rings (SSSR count). The van der Waals surface area contributed by atoms with Crippen LogP contribution in [0.25, 0.3) is 33.9 Å². The molecule has 0 amide bonds. The monoisotopic (exact) mass is 416 g/mol. The Balaban J connectivity index is 1.77. The molecule has 3 nitrogen and oxygen atoms in total. The smallest absolute Gasteiger partial charge is 0.141 e. The minimum absolute atomic E-state index is 0.728. The summed E-state index contributed by atoms with van der Waals surface area (Å²) in [6, 6.07) is 39.6.